The zero-order valence-corrected chi connectivity index (χ0v) is 26.2. The second-order valence-electron chi connectivity index (χ2n) is 10.6. The van der Waals surface area contributed by atoms with Gasteiger partial charge in [-0.1, -0.05) is 48.5 Å². The number of nitrogens with one attached hydrogen (secondary N) is 1. The van der Waals surface area contributed by atoms with Crippen molar-refractivity contribution in [1.29, 1.82) is 0 Å². The van der Waals surface area contributed by atoms with Crippen LogP contribution in [0.4, 0.5) is 17.1 Å². The molecule has 1 aliphatic heterocycles. The van der Waals surface area contributed by atoms with Gasteiger partial charge < -0.3 is 15.1 Å². The molecule has 0 saturated carbocycles. The number of amides is 3. The second kappa shape index (κ2) is 12.8. The van der Waals surface area contributed by atoms with Gasteiger partial charge >= 0.3 is 0 Å². The summed E-state index contributed by atoms with van der Waals surface area (Å²) in [6.45, 7) is -0.394. The Kier molecular flexibility index (Phi) is 8.54. The number of rotatable bonds is 10. The number of benzene rings is 3. The van der Waals surface area contributed by atoms with Gasteiger partial charge in [0.25, 0.3) is 17.6 Å². The minimum atomic E-state index is -1.03. The van der Waals surface area contributed by atoms with Crippen LogP contribution in [0, 0.1) is 0 Å². The smallest absolute Gasteiger partial charge is 0.299 e. The molecule has 6 rings (SSSR count). The molecule has 3 aromatic carbocycles. The summed E-state index contributed by atoms with van der Waals surface area (Å²) in [5.41, 5.74) is 3.87. The summed E-state index contributed by atoms with van der Waals surface area (Å²) in [5.74, 6) is -2.34. The molecule has 1 atom stereocenters. The van der Waals surface area contributed by atoms with Crippen molar-refractivity contribution in [3.8, 4) is 11.3 Å². The molecule has 3 amide bonds. The van der Waals surface area contributed by atoms with E-state index in [0.717, 1.165) is 16.9 Å². The van der Waals surface area contributed by atoms with E-state index in [1.165, 1.54) is 32.5 Å². The van der Waals surface area contributed by atoms with Gasteiger partial charge in [-0.2, -0.15) is 0 Å². The van der Waals surface area contributed by atoms with Gasteiger partial charge in [0.05, 0.1) is 23.5 Å². The topological polar surface area (TPSA) is 103 Å². The molecule has 1 N–H and O–H groups in total. The molecular formula is C34H29N5O4S2. The minimum Gasteiger partial charge on any atom is -0.378 e. The SMILES string of the molecule is CN(C)c1ccc(NC(=O)C(c2cccs2)N(Cc2nc(-c3ccccc3)cs2)C(=O)CN2C(=O)C(=O)c3ccccc32)cc1. The van der Waals surface area contributed by atoms with E-state index < -0.39 is 36.1 Å². The monoisotopic (exact) mass is 635 g/mol. The lowest BCUT2D eigenvalue weighted by Crippen LogP contribution is -2.46. The van der Waals surface area contributed by atoms with Crippen molar-refractivity contribution in [2.75, 3.05) is 35.8 Å². The Bertz CT molecular complexity index is 1850. The number of fused-ring (bicyclic) bond motifs is 1. The Balaban J connectivity index is 1.35. The molecule has 2 aromatic heterocycles. The Morgan fingerprint density at radius 1 is 0.889 bits per heavy atom. The molecule has 0 aliphatic carbocycles. The highest BCUT2D eigenvalue weighted by Crippen LogP contribution is 2.33. The summed E-state index contributed by atoms with van der Waals surface area (Å²) in [4.78, 5) is 64.1. The minimum absolute atomic E-state index is 0.0174. The van der Waals surface area contributed by atoms with Crippen molar-refractivity contribution in [2.24, 2.45) is 0 Å². The molecule has 0 bridgehead atoms. The van der Waals surface area contributed by atoms with E-state index in [1.807, 2.05) is 90.4 Å². The maximum atomic E-state index is 14.3. The third-order valence-electron chi connectivity index (χ3n) is 7.44. The normalized spacial score (nSPS) is 13.0. The first-order valence-electron chi connectivity index (χ1n) is 14.2. The molecule has 5 aromatic rings. The van der Waals surface area contributed by atoms with Crippen LogP contribution in [0.25, 0.3) is 11.3 Å². The first-order chi connectivity index (χ1) is 21.8. The Morgan fingerprint density at radius 3 is 2.33 bits per heavy atom. The van der Waals surface area contributed by atoms with Crippen molar-refractivity contribution < 1.29 is 19.2 Å². The first kappa shape index (κ1) is 29.9. The van der Waals surface area contributed by atoms with Gasteiger partial charge in [0, 0.05) is 41.3 Å². The maximum Gasteiger partial charge on any atom is 0.299 e. The standard InChI is InChI=1S/C34H29N5O4S2/c1-37(2)24-16-14-23(15-17-24)35-33(42)31(28-13-8-18-44-28)39(19-29-36-26(21-45-29)22-9-4-3-5-10-22)30(40)20-38-27-12-7-6-11-25(27)32(41)34(38)43/h3-18,21,31H,19-20H2,1-2H3,(H,35,42). The Morgan fingerprint density at radius 2 is 1.62 bits per heavy atom. The molecule has 0 fully saturated rings. The number of hydrogen-bond donors (Lipinski definition) is 1. The number of aromatic nitrogens is 1. The number of thiophene rings is 1. The van der Waals surface area contributed by atoms with Gasteiger partial charge in [-0.3, -0.25) is 24.1 Å². The van der Waals surface area contributed by atoms with Gasteiger partial charge in [0.15, 0.2) is 0 Å². The van der Waals surface area contributed by atoms with Crippen LogP contribution >= 0.6 is 22.7 Å². The number of para-hydroxylation sites is 1. The number of Topliss-reactive ketones (excluding diaryl/α,β-unsaturated/α-hetero) is 1. The number of thiazole rings is 1. The van der Waals surface area contributed by atoms with E-state index in [1.54, 1.807) is 30.3 Å². The molecule has 11 heteroatoms. The average Bonchev–Trinajstić information content (AvgIpc) is 3.80. The molecule has 226 valence electrons. The number of hydrogen-bond acceptors (Lipinski definition) is 8. The predicted molar refractivity (Wildman–Crippen MR) is 178 cm³/mol. The maximum absolute atomic E-state index is 14.3. The van der Waals surface area contributed by atoms with E-state index in [4.69, 9.17) is 4.98 Å². The molecule has 45 heavy (non-hydrogen) atoms. The Hall–Kier alpha value is -5.13. The summed E-state index contributed by atoms with van der Waals surface area (Å²) >= 11 is 2.74. The van der Waals surface area contributed by atoms with Crippen molar-refractivity contribution in [3.63, 3.8) is 0 Å². The third kappa shape index (κ3) is 6.26. The fourth-order valence-electron chi connectivity index (χ4n) is 5.15. The van der Waals surface area contributed by atoms with E-state index >= 15 is 0 Å². The summed E-state index contributed by atoms with van der Waals surface area (Å²) in [5, 5.41) is 7.36. The average molecular weight is 636 g/mol. The largest absolute Gasteiger partial charge is 0.378 e. The number of ketones is 1. The zero-order chi connectivity index (χ0) is 31.5. The fraction of sp³-hybridized carbons (Fsp3) is 0.147. The highest BCUT2D eigenvalue weighted by Gasteiger charge is 2.40. The zero-order valence-electron chi connectivity index (χ0n) is 24.5. The van der Waals surface area contributed by atoms with Crippen molar-refractivity contribution >= 4 is 63.2 Å². The molecule has 9 nitrogen and oxygen atoms in total. The molecular weight excluding hydrogens is 607 g/mol. The van der Waals surface area contributed by atoms with Gasteiger partial charge in [0.1, 0.15) is 17.6 Å². The number of nitrogens with zero attached hydrogens (tertiary/aromatic N) is 4. The molecule has 0 spiro atoms. The summed E-state index contributed by atoms with van der Waals surface area (Å²) in [6.07, 6.45) is 0. The first-order valence-corrected chi connectivity index (χ1v) is 15.9. The van der Waals surface area contributed by atoms with Gasteiger partial charge in [-0.05, 0) is 47.8 Å². The second-order valence-corrected chi connectivity index (χ2v) is 12.5. The van der Waals surface area contributed by atoms with Gasteiger partial charge in [-0.15, -0.1) is 22.7 Å². The van der Waals surface area contributed by atoms with E-state index in [9.17, 15) is 19.2 Å². The van der Waals surface area contributed by atoms with E-state index in [0.29, 0.717) is 21.3 Å². The van der Waals surface area contributed by atoms with Crippen LogP contribution in [0.2, 0.25) is 0 Å². The van der Waals surface area contributed by atoms with Gasteiger partial charge in [0.2, 0.25) is 5.91 Å². The number of anilines is 3. The van der Waals surface area contributed by atoms with E-state index in [-0.39, 0.29) is 12.1 Å². The molecule has 1 aliphatic rings. The van der Waals surface area contributed by atoms with Crippen LogP contribution in [0.3, 0.4) is 0 Å². The molecule has 0 saturated heterocycles. The highest BCUT2D eigenvalue weighted by atomic mass is 32.1. The van der Waals surface area contributed by atoms with Crippen molar-refractivity contribution in [3.05, 3.63) is 117 Å². The van der Waals surface area contributed by atoms with E-state index in [2.05, 4.69) is 5.32 Å². The van der Waals surface area contributed by atoms with Crippen LogP contribution < -0.4 is 15.1 Å². The van der Waals surface area contributed by atoms with Crippen LogP contribution in [0.5, 0.6) is 0 Å². The summed E-state index contributed by atoms with van der Waals surface area (Å²) < 4.78 is 0. The van der Waals surface area contributed by atoms with Crippen LogP contribution in [0.1, 0.15) is 26.3 Å². The van der Waals surface area contributed by atoms with Crippen molar-refractivity contribution in [2.45, 2.75) is 12.6 Å². The highest BCUT2D eigenvalue weighted by molar-refractivity contribution is 7.10. The van der Waals surface area contributed by atoms with Crippen LogP contribution in [-0.2, 0) is 20.9 Å². The predicted octanol–water partition coefficient (Wildman–Crippen LogP) is 5.88. The molecule has 0 radical (unpaired) electrons. The molecule has 3 heterocycles. The van der Waals surface area contributed by atoms with Crippen LogP contribution in [0.15, 0.2) is 102 Å². The third-order valence-corrected chi connectivity index (χ3v) is 9.20. The van der Waals surface area contributed by atoms with Gasteiger partial charge in [-0.25, -0.2) is 4.98 Å². The number of carbonyl (C=O) groups is 4. The lowest BCUT2D eigenvalue weighted by atomic mass is 10.1. The Labute approximate surface area is 268 Å². The lowest BCUT2D eigenvalue weighted by Gasteiger charge is -2.31. The summed E-state index contributed by atoms with van der Waals surface area (Å²) in [7, 11) is 3.87. The summed E-state index contributed by atoms with van der Waals surface area (Å²) in [6, 6.07) is 26.3. The lowest BCUT2D eigenvalue weighted by molar-refractivity contribution is -0.138. The number of carbonyl (C=O) groups excluding carboxylic acids is 4. The quantitative estimate of drug-likeness (QED) is 0.193. The molecule has 1 unspecified atom stereocenters. The van der Waals surface area contributed by atoms with Crippen molar-refractivity contribution in [1.82, 2.24) is 9.88 Å². The van der Waals surface area contributed by atoms with Crippen LogP contribution in [-0.4, -0.2) is 54.0 Å². The fourth-order valence-corrected chi connectivity index (χ4v) is 6.79.